The molecule has 5 heteroatoms. The highest BCUT2D eigenvalue weighted by atomic mass is 16.3. The molecule has 1 aromatic carbocycles. The Morgan fingerprint density at radius 2 is 2.08 bits per heavy atom. The van der Waals surface area contributed by atoms with Gasteiger partial charge in [0.15, 0.2) is 5.69 Å². The maximum Gasteiger partial charge on any atom is 0.274 e. The average molecular weight is 325 g/mol. The largest absolute Gasteiger partial charge is 0.459 e. The van der Waals surface area contributed by atoms with Crippen LogP contribution in [0.5, 0.6) is 0 Å². The SMILES string of the molecule is CCCCN(Cc1cc2ccccc2o1)C(=O)c1cc(C)n(C)n1. The van der Waals surface area contributed by atoms with Crippen molar-refractivity contribution >= 4 is 16.9 Å². The molecule has 0 aliphatic rings. The second-order valence-corrected chi connectivity index (χ2v) is 6.13. The third kappa shape index (κ3) is 3.35. The maximum absolute atomic E-state index is 12.8. The zero-order valence-electron chi connectivity index (χ0n) is 14.5. The van der Waals surface area contributed by atoms with Crippen LogP contribution in [0.2, 0.25) is 0 Å². The summed E-state index contributed by atoms with van der Waals surface area (Å²) in [4.78, 5) is 14.7. The van der Waals surface area contributed by atoms with E-state index in [0.29, 0.717) is 18.8 Å². The molecule has 0 atom stereocenters. The molecule has 0 bridgehead atoms. The Labute approximate surface area is 141 Å². The first-order chi connectivity index (χ1) is 11.6. The van der Waals surface area contributed by atoms with Gasteiger partial charge in [0.1, 0.15) is 11.3 Å². The number of amides is 1. The van der Waals surface area contributed by atoms with E-state index in [-0.39, 0.29) is 5.91 Å². The van der Waals surface area contributed by atoms with Crippen molar-refractivity contribution in [1.82, 2.24) is 14.7 Å². The molecule has 2 aromatic heterocycles. The molecule has 2 heterocycles. The number of aromatic nitrogens is 2. The van der Waals surface area contributed by atoms with Crippen LogP contribution in [-0.4, -0.2) is 27.1 Å². The number of carbonyl (C=O) groups excluding carboxylic acids is 1. The van der Waals surface area contributed by atoms with Crippen molar-refractivity contribution < 1.29 is 9.21 Å². The fraction of sp³-hybridized carbons (Fsp3) is 0.368. The van der Waals surface area contributed by atoms with Crippen LogP contribution >= 0.6 is 0 Å². The Morgan fingerprint density at radius 3 is 2.75 bits per heavy atom. The van der Waals surface area contributed by atoms with Crippen LogP contribution in [0.25, 0.3) is 11.0 Å². The van der Waals surface area contributed by atoms with Gasteiger partial charge in [-0.15, -0.1) is 0 Å². The van der Waals surface area contributed by atoms with Gasteiger partial charge in [-0.05, 0) is 31.5 Å². The smallest absolute Gasteiger partial charge is 0.274 e. The minimum absolute atomic E-state index is 0.0485. The summed E-state index contributed by atoms with van der Waals surface area (Å²) < 4.78 is 7.60. The van der Waals surface area contributed by atoms with Crippen LogP contribution in [-0.2, 0) is 13.6 Å². The number of benzene rings is 1. The van der Waals surface area contributed by atoms with Gasteiger partial charge in [0.05, 0.1) is 6.54 Å². The van der Waals surface area contributed by atoms with Crippen molar-refractivity contribution in [3.8, 4) is 0 Å². The minimum Gasteiger partial charge on any atom is -0.459 e. The lowest BCUT2D eigenvalue weighted by Gasteiger charge is -2.20. The van der Waals surface area contributed by atoms with Gasteiger partial charge in [0.25, 0.3) is 5.91 Å². The molecule has 0 spiro atoms. The third-order valence-electron chi connectivity index (χ3n) is 4.22. The van der Waals surface area contributed by atoms with Crippen LogP contribution in [0.15, 0.2) is 40.8 Å². The van der Waals surface area contributed by atoms with Crippen LogP contribution in [0.3, 0.4) is 0 Å². The summed E-state index contributed by atoms with van der Waals surface area (Å²) in [6, 6.07) is 11.7. The van der Waals surface area contributed by atoms with E-state index in [2.05, 4.69) is 12.0 Å². The van der Waals surface area contributed by atoms with E-state index in [1.807, 2.05) is 55.3 Å². The summed E-state index contributed by atoms with van der Waals surface area (Å²) in [5.41, 5.74) is 2.31. The number of unbranched alkanes of at least 4 members (excludes halogenated alkanes) is 1. The van der Waals surface area contributed by atoms with Crippen LogP contribution < -0.4 is 0 Å². The van der Waals surface area contributed by atoms with E-state index in [9.17, 15) is 4.79 Å². The minimum atomic E-state index is -0.0485. The van der Waals surface area contributed by atoms with Gasteiger partial charge in [-0.25, -0.2) is 0 Å². The van der Waals surface area contributed by atoms with Gasteiger partial charge < -0.3 is 9.32 Å². The lowest BCUT2D eigenvalue weighted by molar-refractivity contribution is 0.0723. The number of nitrogens with zero attached hydrogens (tertiary/aromatic N) is 3. The molecule has 0 N–H and O–H groups in total. The van der Waals surface area contributed by atoms with Crippen LogP contribution in [0, 0.1) is 6.92 Å². The molecular formula is C19H23N3O2. The summed E-state index contributed by atoms with van der Waals surface area (Å²) >= 11 is 0. The number of aryl methyl sites for hydroxylation is 2. The van der Waals surface area contributed by atoms with Gasteiger partial charge in [-0.3, -0.25) is 9.48 Å². The lowest BCUT2D eigenvalue weighted by atomic mass is 10.2. The molecule has 3 rings (SSSR count). The topological polar surface area (TPSA) is 51.3 Å². The van der Waals surface area contributed by atoms with Crippen molar-refractivity contribution in [2.45, 2.75) is 33.2 Å². The van der Waals surface area contributed by atoms with Crippen molar-refractivity contribution in [2.75, 3.05) is 6.54 Å². The average Bonchev–Trinajstić information content (AvgIpc) is 3.13. The second kappa shape index (κ2) is 6.91. The quantitative estimate of drug-likeness (QED) is 0.690. The Morgan fingerprint density at radius 1 is 1.29 bits per heavy atom. The van der Waals surface area contributed by atoms with Crippen molar-refractivity contribution in [2.24, 2.45) is 7.05 Å². The van der Waals surface area contributed by atoms with Crippen LogP contribution in [0.1, 0.15) is 41.7 Å². The van der Waals surface area contributed by atoms with Gasteiger partial charge in [0.2, 0.25) is 0 Å². The van der Waals surface area contributed by atoms with Crippen molar-refractivity contribution in [3.63, 3.8) is 0 Å². The Balaban J connectivity index is 1.83. The molecule has 0 saturated heterocycles. The molecule has 0 radical (unpaired) electrons. The molecular weight excluding hydrogens is 302 g/mol. The fourth-order valence-corrected chi connectivity index (χ4v) is 2.73. The molecule has 0 unspecified atom stereocenters. The van der Waals surface area contributed by atoms with Gasteiger partial charge >= 0.3 is 0 Å². The molecule has 0 aliphatic heterocycles. The first-order valence-electron chi connectivity index (χ1n) is 8.36. The molecule has 5 nitrogen and oxygen atoms in total. The van der Waals surface area contributed by atoms with Crippen molar-refractivity contribution in [3.05, 3.63) is 53.5 Å². The third-order valence-corrected chi connectivity index (χ3v) is 4.22. The predicted octanol–water partition coefficient (Wildman–Crippen LogP) is 3.92. The zero-order chi connectivity index (χ0) is 17.1. The summed E-state index contributed by atoms with van der Waals surface area (Å²) in [5, 5.41) is 5.38. The van der Waals surface area contributed by atoms with Gasteiger partial charge in [-0.1, -0.05) is 31.5 Å². The normalized spacial score (nSPS) is 11.1. The fourth-order valence-electron chi connectivity index (χ4n) is 2.73. The number of hydrogen-bond donors (Lipinski definition) is 0. The van der Waals surface area contributed by atoms with E-state index in [0.717, 1.165) is 35.3 Å². The highest BCUT2D eigenvalue weighted by Gasteiger charge is 2.20. The van der Waals surface area contributed by atoms with E-state index in [1.165, 1.54) is 0 Å². The zero-order valence-corrected chi connectivity index (χ0v) is 14.5. The Hall–Kier alpha value is -2.56. The Kier molecular flexibility index (Phi) is 4.69. The summed E-state index contributed by atoms with van der Waals surface area (Å²) in [6.07, 6.45) is 1.99. The van der Waals surface area contributed by atoms with E-state index >= 15 is 0 Å². The van der Waals surface area contributed by atoms with Crippen molar-refractivity contribution in [1.29, 1.82) is 0 Å². The monoisotopic (exact) mass is 325 g/mol. The number of furan rings is 1. The molecule has 0 fully saturated rings. The number of fused-ring (bicyclic) bond motifs is 1. The van der Waals surface area contributed by atoms with E-state index < -0.39 is 0 Å². The molecule has 0 saturated carbocycles. The molecule has 1 amide bonds. The van der Waals surface area contributed by atoms with E-state index in [1.54, 1.807) is 4.68 Å². The molecule has 3 aromatic rings. The highest BCUT2D eigenvalue weighted by Crippen LogP contribution is 2.21. The second-order valence-electron chi connectivity index (χ2n) is 6.13. The Bertz CT molecular complexity index is 795. The summed E-state index contributed by atoms with van der Waals surface area (Å²) in [7, 11) is 1.85. The number of rotatable bonds is 6. The molecule has 0 aliphatic carbocycles. The lowest BCUT2D eigenvalue weighted by Crippen LogP contribution is -2.31. The first kappa shape index (κ1) is 16.3. The maximum atomic E-state index is 12.8. The molecule has 126 valence electrons. The van der Waals surface area contributed by atoms with E-state index in [4.69, 9.17) is 4.42 Å². The summed E-state index contributed by atoms with van der Waals surface area (Å²) in [6.45, 7) is 5.22. The molecule has 24 heavy (non-hydrogen) atoms. The standard InChI is InChI=1S/C19H23N3O2/c1-4-5-10-22(19(23)17-11-14(2)21(3)20-17)13-16-12-15-8-6-7-9-18(15)24-16/h6-9,11-12H,4-5,10,13H2,1-3H3. The van der Waals surface area contributed by atoms with Gasteiger partial charge in [0, 0.05) is 24.7 Å². The number of carbonyl (C=O) groups is 1. The first-order valence-corrected chi connectivity index (χ1v) is 8.36. The number of hydrogen-bond acceptors (Lipinski definition) is 3. The number of para-hydroxylation sites is 1. The summed E-state index contributed by atoms with van der Waals surface area (Å²) in [5.74, 6) is 0.751. The van der Waals surface area contributed by atoms with Gasteiger partial charge in [-0.2, -0.15) is 5.10 Å². The van der Waals surface area contributed by atoms with Crippen LogP contribution in [0.4, 0.5) is 0 Å². The highest BCUT2D eigenvalue weighted by molar-refractivity contribution is 5.92. The predicted molar refractivity (Wildman–Crippen MR) is 93.8 cm³/mol.